The Kier molecular flexibility index (Phi) is 6.92. The van der Waals surface area contributed by atoms with Crippen molar-refractivity contribution in [1.82, 2.24) is 15.3 Å². The molecule has 2 aromatic rings. The van der Waals surface area contributed by atoms with E-state index in [9.17, 15) is 18.0 Å². The van der Waals surface area contributed by atoms with Gasteiger partial charge in [-0.25, -0.2) is 9.97 Å². The Morgan fingerprint density at radius 2 is 1.83 bits per heavy atom. The normalized spacial score (nSPS) is 14.3. The van der Waals surface area contributed by atoms with E-state index in [2.05, 4.69) is 20.0 Å². The van der Waals surface area contributed by atoms with Gasteiger partial charge in [0.1, 0.15) is 6.61 Å². The van der Waals surface area contributed by atoms with Gasteiger partial charge < -0.3 is 15.0 Å². The number of halogens is 4. The van der Waals surface area contributed by atoms with E-state index in [1.165, 1.54) is 6.20 Å². The van der Waals surface area contributed by atoms with E-state index < -0.39 is 18.7 Å². The van der Waals surface area contributed by atoms with Gasteiger partial charge in [-0.15, -0.1) is 0 Å². The summed E-state index contributed by atoms with van der Waals surface area (Å²) in [5, 5.41) is 2.91. The van der Waals surface area contributed by atoms with Gasteiger partial charge in [0.05, 0.1) is 17.8 Å². The minimum atomic E-state index is -4.35. The fraction of sp³-hybridized carbons (Fsp3) is 0.421. The molecule has 1 fully saturated rings. The van der Waals surface area contributed by atoms with E-state index in [0.29, 0.717) is 11.5 Å². The lowest BCUT2D eigenvalue weighted by Gasteiger charge is -2.16. The first-order chi connectivity index (χ1) is 13.8. The molecule has 3 rings (SSSR count). The molecule has 1 aromatic heterocycles. The van der Waals surface area contributed by atoms with Crippen LogP contribution in [-0.4, -0.2) is 41.7 Å². The predicted octanol–water partition coefficient (Wildman–Crippen LogP) is 3.74. The number of hydrogen-bond donors (Lipinski definition) is 1. The van der Waals surface area contributed by atoms with Crippen molar-refractivity contribution in [3.63, 3.8) is 0 Å². The van der Waals surface area contributed by atoms with Gasteiger partial charge in [-0.1, -0.05) is 35.9 Å². The van der Waals surface area contributed by atoms with Gasteiger partial charge in [0.2, 0.25) is 5.95 Å². The van der Waals surface area contributed by atoms with Gasteiger partial charge >= 0.3 is 6.18 Å². The smallest absolute Gasteiger partial charge is 0.367 e. The highest BCUT2D eigenvalue weighted by molar-refractivity contribution is 6.33. The van der Waals surface area contributed by atoms with Crippen LogP contribution in [0.15, 0.2) is 30.5 Å². The molecule has 1 saturated heterocycles. The van der Waals surface area contributed by atoms with Crippen molar-refractivity contribution in [2.75, 3.05) is 24.6 Å². The maximum atomic E-state index is 12.5. The highest BCUT2D eigenvalue weighted by Gasteiger charge is 2.27. The Morgan fingerprint density at radius 3 is 2.48 bits per heavy atom. The zero-order chi connectivity index (χ0) is 20.9. The number of nitrogens with one attached hydrogen (secondary N) is 1. The number of alkyl halides is 3. The quantitative estimate of drug-likeness (QED) is 0.727. The molecule has 0 spiro atoms. The summed E-state index contributed by atoms with van der Waals surface area (Å²) >= 11 is 6.08. The second-order valence-electron chi connectivity index (χ2n) is 6.67. The Labute approximate surface area is 171 Å². The van der Waals surface area contributed by atoms with E-state index in [1.807, 2.05) is 4.90 Å². The summed E-state index contributed by atoms with van der Waals surface area (Å²) in [7, 11) is 0. The maximum Gasteiger partial charge on any atom is 0.411 e. The molecule has 1 N–H and O–H groups in total. The maximum absolute atomic E-state index is 12.5. The fourth-order valence-corrected chi connectivity index (χ4v) is 3.07. The van der Waals surface area contributed by atoms with E-state index in [0.717, 1.165) is 31.5 Å². The molecule has 6 nitrogen and oxygen atoms in total. The van der Waals surface area contributed by atoms with Gasteiger partial charge in [-0.05, 0) is 24.0 Å². The van der Waals surface area contributed by atoms with Crippen LogP contribution in [0.3, 0.4) is 0 Å². The Bertz CT molecular complexity index is 840. The number of hydrogen-bond acceptors (Lipinski definition) is 5. The third kappa shape index (κ3) is 6.30. The molecule has 1 aromatic carbocycles. The lowest BCUT2D eigenvalue weighted by molar-refractivity contribution is -0.176. The molecular formula is C19H20ClF3N4O2. The fourth-order valence-electron chi connectivity index (χ4n) is 2.89. The predicted molar refractivity (Wildman–Crippen MR) is 102 cm³/mol. The summed E-state index contributed by atoms with van der Waals surface area (Å²) in [5.74, 6) is 0.0655. The van der Waals surface area contributed by atoms with Gasteiger partial charge in [0, 0.05) is 19.6 Å². The largest absolute Gasteiger partial charge is 0.411 e. The number of carbonyl (C=O) groups excluding carboxylic acids is 1. The van der Waals surface area contributed by atoms with Gasteiger partial charge in [0.25, 0.3) is 5.91 Å². The van der Waals surface area contributed by atoms with Crippen LogP contribution in [0.2, 0.25) is 5.02 Å². The number of rotatable bonds is 7. The van der Waals surface area contributed by atoms with Crippen LogP contribution < -0.4 is 10.2 Å². The van der Waals surface area contributed by atoms with Crippen LogP contribution in [0, 0.1) is 0 Å². The van der Waals surface area contributed by atoms with Crippen molar-refractivity contribution in [3.8, 4) is 0 Å². The molecule has 10 heteroatoms. The van der Waals surface area contributed by atoms with Crippen LogP contribution in [0.25, 0.3) is 0 Å². The number of ether oxygens (including phenoxy) is 1. The SMILES string of the molecule is O=C(NCc1ccc(COCC(F)(F)F)cc1)c1nc(N2CCCC2)ncc1Cl. The van der Waals surface area contributed by atoms with Crippen molar-refractivity contribution in [3.05, 3.63) is 52.3 Å². The number of carbonyl (C=O) groups is 1. The summed E-state index contributed by atoms with van der Waals surface area (Å²) in [6.07, 6.45) is -0.802. The van der Waals surface area contributed by atoms with E-state index in [4.69, 9.17) is 11.6 Å². The molecule has 0 bridgehead atoms. The zero-order valence-electron chi connectivity index (χ0n) is 15.5. The summed E-state index contributed by atoms with van der Waals surface area (Å²) in [6.45, 7) is 0.497. The number of aromatic nitrogens is 2. The van der Waals surface area contributed by atoms with E-state index in [-0.39, 0.29) is 23.9 Å². The molecule has 0 aliphatic carbocycles. The number of benzene rings is 1. The molecule has 29 heavy (non-hydrogen) atoms. The molecule has 0 saturated carbocycles. The average Bonchev–Trinajstić information content (AvgIpc) is 3.21. The molecular weight excluding hydrogens is 409 g/mol. The summed E-state index contributed by atoms with van der Waals surface area (Å²) in [4.78, 5) is 23.0. The Balaban J connectivity index is 1.54. The standard InChI is InChI=1S/C19H20ClF3N4O2/c20-15-10-25-18(27-7-1-2-8-27)26-16(15)17(28)24-9-13-3-5-14(6-4-13)11-29-12-19(21,22)23/h3-6,10H,1-2,7-9,11-12H2,(H,24,28). The van der Waals surface area contributed by atoms with Gasteiger partial charge in [-0.2, -0.15) is 13.2 Å². The van der Waals surface area contributed by atoms with E-state index >= 15 is 0 Å². The summed E-state index contributed by atoms with van der Waals surface area (Å²) in [6, 6.07) is 6.73. The minimum absolute atomic E-state index is 0.112. The van der Waals surface area contributed by atoms with Crippen molar-refractivity contribution < 1.29 is 22.7 Å². The molecule has 2 heterocycles. The Morgan fingerprint density at radius 1 is 1.17 bits per heavy atom. The van der Waals surface area contributed by atoms with Crippen molar-refractivity contribution >= 4 is 23.5 Å². The number of anilines is 1. The van der Waals surface area contributed by atoms with Crippen molar-refractivity contribution in [2.24, 2.45) is 0 Å². The monoisotopic (exact) mass is 428 g/mol. The topological polar surface area (TPSA) is 67.3 Å². The molecule has 1 aliphatic rings. The number of amides is 1. The zero-order valence-corrected chi connectivity index (χ0v) is 16.3. The second kappa shape index (κ2) is 9.41. The summed E-state index contributed by atoms with van der Waals surface area (Å²) < 4.78 is 40.9. The van der Waals surface area contributed by atoms with Gasteiger partial charge in [0.15, 0.2) is 5.69 Å². The lowest BCUT2D eigenvalue weighted by atomic mass is 10.1. The molecule has 1 amide bonds. The van der Waals surface area contributed by atoms with Crippen LogP contribution >= 0.6 is 11.6 Å². The highest BCUT2D eigenvalue weighted by atomic mass is 35.5. The van der Waals surface area contributed by atoms with Crippen LogP contribution in [-0.2, 0) is 17.9 Å². The first-order valence-electron chi connectivity index (χ1n) is 9.10. The van der Waals surface area contributed by atoms with Crippen LogP contribution in [0.5, 0.6) is 0 Å². The van der Waals surface area contributed by atoms with E-state index in [1.54, 1.807) is 24.3 Å². The summed E-state index contributed by atoms with van der Waals surface area (Å²) in [5.41, 5.74) is 1.50. The first-order valence-corrected chi connectivity index (χ1v) is 9.47. The first kappa shape index (κ1) is 21.3. The second-order valence-corrected chi connectivity index (χ2v) is 7.08. The molecule has 1 aliphatic heterocycles. The third-order valence-electron chi connectivity index (χ3n) is 4.35. The van der Waals surface area contributed by atoms with Crippen molar-refractivity contribution in [2.45, 2.75) is 32.2 Å². The molecule has 0 unspecified atom stereocenters. The average molecular weight is 429 g/mol. The number of nitrogens with zero attached hydrogens (tertiary/aromatic N) is 3. The molecule has 0 radical (unpaired) electrons. The lowest BCUT2D eigenvalue weighted by Crippen LogP contribution is -2.26. The minimum Gasteiger partial charge on any atom is -0.367 e. The highest BCUT2D eigenvalue weighted by Crippen LogP contribution is 2.20. The van der Waals surface area contributed by atoms with Crippen molar-refractivity contribution in [1.29, 1.82) is 0 Å². The van der Waals surface area contributed by atoms with Gasteiger partial charge in [-0.3, -0.25) is 4.79 Å². The Hall–Kier alpha value is -2.39. The molecule has 156 valence electrons. The van der Waals surface area contributed by atoms with Crippen LogP contribution in [0.4, 0.5) is 19.1 Å². The third-order valence-corrected chi connectivity index (χ3v) is 4.62. The van der Waals surface area contributed by atoms with Crippen LogP contribution in [0.1, 0.15) is 34.5 Å². The molecule has 0 atom stereocenters.